The Morgan fingerprint density at radius 1 is 1.23 bits per heavy atom. The van der Waals surface area contributed by atoms with Gasteiger partial charge in [0.2, 0.25) is 0 Å². The first-order chi connectivity index (χ1) is 5.70. The second-order valence-corrected chi connectivity index (χ2v) is 5.95. The van der Waals surface area contributed by atoms with E-state index in [9.17, 15) is 0 Å². The average molecular weight is 199 g/mol. The van der Waals surface area contributed by atoms with Gasteiger partial charge in [-0.25, -0.2) is 0 Å². The molecule has 1 nitrogen and oxygen atoms in total. The normalized spacial score (nSPS) is 25.8. The molecule has 76 valence electrons. The first kappa shape index (κ1) is 11.0. The molecule has 0 unspecified atom stereocenters. The summed E-state index contributed by atoms with van der Waals surface area (Å²) in [5.41, 5.74) is 0.493. The molecule has 0 aromatic heterocycles. The van der Waals surface area contributed by atoms with Crippen LogP contribution >= 0.6 is 12.2 Å². The molecule has 13 heavy (non-hydrogen) atoms. The Balaban J connectivity index is 3.06. The maximum absolute atomic E-state index is 5.44. The van der Waals surface area contributed by atoms with Gasteiger partial charge in [-0.3, -0.25) is 0 Å². The second kappa shape index (κ2) is 2.94. The van der Waals surface area contributed by atoms with Crippen molar-refractivity contribution in [2.24, 2.45) is 5.41 Å². The lowest BCUT2D eigenvalue weighted by atomic mass is 9.75. The lowest BCUT2D eigenvalue weighted by Gasteiger charge is -2.43. The molecule has 0 saturated carbocycles. The van der Waals surface area contributed by atoms with Gasteiger partial charge in [0.15, 0.2) is 0 Å². The number of likely N-dealkylation sites (tertiary alicyclic amines) is 1. The summed E-state index contributed by atoms with van der Waals surface area (Å²) in [5, 5.41) is 0. The highest BCUT2D eigenvalue weighted by molar-refractivity contribution is 7.80. The van der Waals surface area contributed by atoms with Crippen LogP contribution in [-0.2, 0) is 0 Å². The van der Waals surface area contributed by atoms with Crippen molar-refractivity contribution in [2.75, 3.05) is 0 Å². The van der Waals surface area contributed by atoms with Crippen molar-refractivity contribution in [1.29, 1.82) is 0 Å². The van der Waals surface area contributed by atoms with Gasteiger partial charge in [0, 0.05) is 18.0 Å². The third kappa shape index (κ3) is 1.50. The van der Waals surface area contributed by atoms with Gasteiger partial charge in [-0.1, -0.05) is 26.1 Å². The number of hydrogen-bond acceptors (Lipinski definition) is 1. The molecule has 1 aliphatic rings. The molecule has 1 fully saturated rings. The van der Waals surface area contributed by atoms with E-state index in [0.717, 1.165) is 11.4 Å². The molecule has 1 saturated heterocycles. The van der Waals surface area contributed by atoms with E-state index in [0.29, 0.717) is 11.5 Å². The summed E-state index contributed by atoms with van der Waals surface area (Å²) in [6.07, 6.45) is 1.05. The predicted molar refractivity (Wildman–Crippen MR) is 62.1 cm³/mol. The van der Waals surface area contributed by atoms with Gasteiger partial charge >= 0.3 is 0 Å². The highest BCUT2D eigenvalue weighted by atomic mass is 32.1. The second-order valence-electron chi connectivity index (χ2n) is 5.48. The fourth-order valence-corrected chi connectivity index (χ4v) is 3.05. The van der Waals surface area contributed by atoms with E-state index < -0.39 is 0 Å². The molecular formula is C11H21NS. The predicted octanol–water partition coefficient (Wildman–Crippen LogP) is 3.23. The van der Waals surface area contributed by atoms with Crippen LogP contribution in [0.4, 0.5) is 0 Å². The fourth-order valence-electron chi connectivity index (χ4n) is 2.25. The number of hydrogen-bond donors (Lipinski definition) is 0. The molecule has 0 spiro atoms. The molecule has 0 aromatic carbocycles. The van der Waals surface area contributed by atoms with Gasteiger partial charge in [-0.05, 0) is 33.1 Å². The SMILES string of the molecule is CC(C)N1C(=S)CC(C)(C)C1(C)C. The van der Waals surface area contributed by atoms with E-state index in [-0.39, 0.29) is 5.54 Å². The molecule has 1 rings (SSSR count). The molecule has 2 heteroatoms. The summed E-state index contributed by atoms with van der Waals surface area (Å²) in [6, 6.07) is 0.518. The van der Waals surface area contributed by atoms with Crippen LogP contribution in [-0.4, -0.2) is 21.5 Å². The third-order valence-electron chi connectivity index (χ3n) is 3.64. The number of rotatable bonds is 1. The largest absolute Gasteiger partial charge is 0.358 e. The van der Waals surface area contributed by atoms with Crippen LogP contribution in [0.15, 0.2) is 0 Å². The van der Waals surface area contributed by atoms with Crippen molar-refractivity contribution >= 4 is 17.2 Å². The van der Waals surface area contributed by atoms with Crippen LogP contribution in [0.25, 0.3) is 0 Å². The van der Waals surface area contributed by atoms with E-state index in [1.54, 1.807) is 0 Å². The summed E-state index contributed by atoms with van der Waals surface area (Å²) in [4.78, 5) is 3.52. The van der Waals surface area contributed by atoms with Crippen LogP contribution in [0.5, 0.6) is 0 Å². The highest BCUT2D eigenvalue weighted by Gasteiger charge is 2.50. The summed E-state index contributed by atoms with van der Waals surface area (Å²) >= 11 is 5.44. The first-order valence-corrected chi connectivity index (χ1v) is 5.43. The first-order valence-electron chi connectivity index (χ1n) is 5.02. The van der Waals surface area contributed by atoms with Gasteiger partial charge in [0.25, 0.3) is 0 Å². The summed E-state index contributed by atoms with van der Waals surface area (Å²) in [5.74, 6) is 0. The van der Waals surface area contributed by atoms with Crippen LogP contribution in [0.3, 0.4) is 0 Å². The molecule has 1 heterocycles. The fraction of sp³-hybridized carbons (Fsp3) is 0.909. The van der Waals surface area contributed by atoms with Crippen molar-refractivity contribution in [3.05, 3.63) is 0 Å². The van der Waals surface area contributed by atoms with Crippen molar-refractivity contribution in [2.45, 2.75) is 59.5 Å². The Kier molecular flexibility index (Phi) is 2.48. The Morgan fingerprint density at radius 2 is 1.69 bits per heavy atom. The van der Waals surface area contributed by atoms with Crippen molar-refractivity contribution < 1.29 is 0 Å². The minimum atomic E-state index is 0.193. The molecule has 0 radical (unpaired) electrons. The third-order valence-corrected chi connectivity index (χ3v) is 3.98. The van der Waals surface area contributed by atoms with E-state index in [4.69, 9.17) is 12.2 Å². The van der Waals surface area contributed by atoms with E-state index in [2.05, 4.69) is 46.4 Å². The maximum Gasteiger partial charge on any atom is 0.0792 e. The quantitative estimate of drug-likeness (QED) is 0.596. The zero-order valence-corrected chi connectivity index (χ0v) is 10.5. The molecule has 0 bridgehead atoms. The van der Waals surface area contributed by atoms with Crippen LogP contribution in [0, 0.1) is 5.41 Å². The molecule has 0 atom stereocenters. The van der Waals surface area contributed by atoms with Gasteiger partial charge in [-0.2, -0.15) is 0 Å². The standard InChI is InChI=1S/C11H21NS/c1-8(2)12-9(13)7-10(3,4)11(12,5)6/h8H,7H2,1-6H3. The summed E-state index contributed by atoms with van der Waals surface area (Å²) in [6.45, 7) is 13.6. The Bertz CT molecular complexity index is 228. The van der Waals surface area contributed by atoms with Crippen LogP contribution in [0.2, 0.25) is 0 Å². The van der Waals surface area contributed by atoms with Gasteiger partial charge in [0.05, 0.1) is 4.99 Å². The Labute approximate surface area is 87.5 Å². The zero-order chi connectivity index (χ0) is 10.4. The zero-order valence-electron chi connectivity index (χ0n) is 9.64. The lowest BCUT2D eigenvalue weighted by molar-refractivity contribution is 0.0931. The minimum absolute atomic E-state index is 0.193. The lowest BCUT2D eigenvalue weighted by Crippen LogP contribution is -2.50. The van der Waals surface area contributed by atoms with Crippen molar-refractivity contribution in [3.63, 3.8) is 0 Å². The van der Waals surface area contributed by atoms with E-state index in [1.807, 2.05) is 0 Å². The molecule has 0 aromatic rings. The smallest absolute Gasteiger partial charge is 0.0792 e. The van der Waals surface area contributed by atoms with Crippen molar-refractivity contribution in [1.82, 2.24) is 4.90 Å². The van der Waals surface area contributed by atoms with Crippen molar-refractivity contribution in [3.8, 4) is 0 Å². The molecule has 0 aliphatic carbocycles. The van der Waals surface area contributed by atoms with E-state index in [1.165, 1.54) is 0 Å². The van der Waals surface area contributed by atoms with Crippen LogP contribution < -0.4 is 0 Å². The highest BCUT2D eigenvalue weighted by Crippen LogP contribution is 2.46. The Morgan fingerprint density at radius 3 is 1.85 bits per heavy atom. The number of nitrogens with zero attached hydrogens (tertiary/aromatic N) is 1. The monoisotopic (exact) mass is 199 g/mol. The maximum atomic E-state index is 5.44. The minimum Gasteiger partial charge on any atom is -0.358 e. The van der Waals surface area contributed by atoms with Gasteiger partial charge < -0.3 is 4.90 Å². The van der Waals surface area contributed by atoms with Gasteiger partial charge in [-0.15, -0.1) is 0 Å². The molecule has 0 N–H and O–H groups in total. The summed E-state index contributed by atoms with van der Waals surface area (Å²) < 4.78 is 0. The molecule has 1 aliphatic heterocycles. The van der Waals surface area contributed by atoms with Crippen LogP contribution in [0.1, 0.15) is 48.0 Å². The number of thiocarbonyl (C=S) groups is 1. The van der Waals surface area contributed by atoms with Gasteiger partial charge in [0.1, 0.15) is 0 Å². The average Bonchev–Trinajstić information content (AvgIpc) is 1.96. The summed E-state index contributed by atoms with van der Waals surface area (Å²) in [7, 11) is 0. The Hall–Kier alpha value is -0.110. The topological polar surface area (TPSA) is 3.24 Å². The van der Waals surface area contributed by atoms with E-state index >= 15 is 0 Å². The molecular weight excluding hydrogens is 178 g/mol. The molecule has 0 amide bonds.